The Labute approximate surface area is 181 Å². The van der Waals surface area contributed by atoms with Gasteiger partial charge in [0.25, 0.3) is 0 Å². The van der Waals surface area contributed by atoms with Crippen molar-refractivity contribution in [2.45, 2.75) is 11.3 Å². The zero-order valence-corrected chi connectivity index (χ0v) is 18.1. The second kappa shape index (κ2) is 9.06. The van der Waals surface area contributed by atoms with Gasteiger partial charge in [0.05, 0.1) is 24.7 Å². The zero-order valence-electron chi connectivity index (χ0n) is 17.3. The Hall–Kier alpha value is -2.92. The van der Waals surface area contributed by atoms with Gasteiger partial charge in [-0.2, -0.15) is 4.31 Å². The molecule has 3 heterocycles. The molecule has 0 N–H and O–H groups in total. The molecule has 0 unspecified atom stereocenters. The molecule has 4 rings (SSSR count). The number of anilines is 1. The van der Waals surface area contributed by atoms with Gasteiger partial charge in [0.1, 0.15) is 0 Å². The van der Waals surface area contributed by atoms with Crippen LogP contribution in [0, 0.1) is 0 Å². The molecule has 1 aromatic heterocycles. The van der Waals surface area contributed by atoms with Crippen molar-refractivity contribution in [1.29, 1.82) is 0 Å². The molecule has 1 amide bonds. The first-order valence-corrected chi connectivity index (χ1v) is 11.5. The molecule has 1 aromatic carbocycles. The molecule has 0 radical (unpaired) electrons. The van der Waals surface area contributed by atoms with Crippen molar-refractivity contribution in [2.24, 2.45) is 0 Å². The van der Waals surface area contributed by atoms with Crippen molar-refractivity contribution < 1.29 is 22.7 Å². The number of nitrogens with zero attached hydrogens (tertiary/aromatic N) is 5. The number of rotatable bonds is 5. The number of hydrogen-bond donors (Lipinski definition) is 0. The van der Waals surface area contributed by atoms with E-state index in [1.165, 1.54) is 19.2 Å². The molecule has 2 aliphatic rings. The molecule has 31 heavy (non-hydrogen) atoms. The first-order valence-electron chi connectivity index (χ1n) is 10.1. The molecule has 0 aliphatic carbocycles. The highest BCUT2D eigenvalue weighted by Crippen LogP contribution is 2.32. The van der Waals surface area contributed by atoms with Gasteiger partial charge >= 0.3 is 0 Å². The van der Waals surface area contributed by atoms with Crippen LogP contribution in [-0.2, 0) is 14.8 Å². The minimum Gasteiger partial charge on any atom is -0.490 e. The molecule has 1 saturated heterocycles. The number of amides is 1. The van der Waals surface area contributed by atoms with Gasteiger partial charge < -0.3 is 19.3 Å². The fraction of sp³-hybridized carbons (Fsp3) is 0.450. The summed E-state index contributed by atoms with van der Waals surface area (Å²) in [6.45, 7) is 2.90. The van der Waals surface area contributed by atoms with Crippen molar-refractivity contribution in [3.63, 3.8) is 0 Å². The number of piperazine rings is 1. The number of fused-ring (bicyclic) bond motifs is 1. The van der Waals surface area contributed by atoms with Crippen LogP contribution in [0.1, 0.15) is 6.42 Å². The number of sulfonamides is 1. The summed E-state index contributed by atoms with van der Waals surface area (Å²) in [5.41, 5.74) is 0. The first-order chi connectivity index (χ1) is 14.9. The predicted octanol–water partition coefficient (Wildman–Crippen LogP) is 0.607. The molecular formula is C20H25N5O5S. The summed E-state index contributed by atoms with van der Waals surface area (Å²) in [5.74, 6) is 1.31. The van der Waals surface area contributed by atoms with E-state index in [0.29, 0.717) is 56.8 Å². The van der Waals surface area contributed by atoms with Crippen LogP contribution in [0.25, 0.3) is 0 Å². The molecule has 0 atom stereocenters. The summed E-state index contributed by atoms with van der Waals surface area (Å²) in [6.07, 6.45) is 4.09. The van der Waals surface area contributed by atoms with E-state index in [9.17, 15) is 13.2 Å². The fourth-order valence-corrected chi connectivity index (χ4v) is 4.61. The average molecular weight is 448 g/mol. The Morgan fingerprint density at radius 2 is 1.74 bits per heavy atom. The molecule has 1 fully saturated rings. The third-order valence-corrected chi connectivity index (χ3v) is 7.05. The maximum atomic E-state index is 13.0. The SMILES string of the molecule is CN(CC(=O)N1CCN(c2ncccn2)CC1)S(=O)(=O)c1ccc2c(c1)OCCCO2. The lowest BCUT2D eigenvalue weighted by Gasteiger charge is -2.35. The number of carbonyl (C=O) groups excluding carboxylic acids is 1. The van der Waals surface area contributed by atoms with Gasteiger partial charge in [0.2, 0.25) is 21.9 Å². The zero-order chi connectivity index (χ0) is 21.8. The van der Waals surface area contributed by atoms with Crippen molar-refractivity contribution >= 4 is 21.9 Å². The van der Waals surface area contributed by atoms with Gasteiger partial charge in [-0.1, -0.05) is 0 Å². The molecule has 2 aliphatic heterocycles. The van der Waals surface area contributed by atoms with E-state index in [-0.39, 0.29) is 17.3 Å². The molecule has 166 valence electrons. The lowest BCUT2D eigenvalue weighted by molar-refractivity contribution is -0.131. The number of likely N-dealkylation sites (N-methyl/N-ethyl adjacent to an activating group) is 1. The third kappa shape index (κ3) is 4.72. The van der Waals surface area contributed by atoms with E-state index in [1.54, 1.807) is 29.4 Å². The predicted molar refractivity (Wildman–Crippen MR) is 113 cm³/mol. The summed E-state index contributed by atoms with van der Waals surface area (Å²) in [7, 11) is -2.44. The molecule has 0 spiro atoms. The van der Waals surface area contributed by atoms with Crippen molar-refractivity contribution in [2.75, 3.05) is 57.9 Å². The maximum Gasteiger partial charge on any atom is 0.243 e. The highest BCUT2D eigenvalue weighted by Gasteiger charge is 2.28. The van der Waals surface area contributed by atoms with E-state index < -0.39 is 10.0 Å². The van der Waals surface area contributed by atoms with Crippen LogP contribution in [0.5, 0.6) is 11.5 Å². The molecule has 10 nitrogen and oxygen atoms in total. The second-order valence-corrected chi connectivity index (χ2v) is 9.38. The molecule has 2 aromatic rings. The van der Waals surface area contributed by atoms with E-state index in [4.69, 9.17) is 9.47 Å². The van der Waals surface area contributed by atoms with E-state index >= 15 is 0 Å². The topological polar surface area (TPSA) is 105 Å². The van der Waals surface area contributed by atoms with Crippen LogP contribution in [0.4, 0.5) is 5.95 Å². The lowest BCUT2D eigenvalue weighted by atomic mass is 10.3. The molecule has 0 saturated carbocycles. The van der Waals surface area contributed by atoms with Crippen LogP contribution in [0.2, 0.25) is 0 Å². The van der Waals surface area contributed by atoms with Crippen LogP contribution in [0.3, 0.4) is 0 Å². The van der Waals surface area contributed by atoms with Crippen molar-refractivity contribution in [3.05, 3.63) is 36.7 Å². The van der Waals surface area contributed by atoms with E-state index in [2.05, 4.69) is 9.97 Å². The number of aromatic nitrogens is 2. The second-order valence-electron chi connectivity index (χ2n) is 7.34. The maximum absolute atomic E-state index is 13.0. The van der Waals surface area contributed by atoms with E-state index in [0.717, 1.165) is 10.7 Å². The van der Waals surface area contributed by atoms with Gasteiger partial charge in [-0.3, -0.25) is 4.79 Å². The largest absolute Gasteiger partial charge is 0.490 e. The van der Waals surface area contributed by atoms with Gasteiger partial charge in [-0.15, -0.1) is 0 Å². The van der Waals surface area contributed by atoms with Crippen LogP contribution < -0.4 is 14.4 Å². The number of carbonyl (C=O) groups is 1. The Kier molecular flexibility index (Phi) is 6.23. The van der Waals surface area contributed by atoms with Crippen molar-refractivity contribution in [3.8, 4) is 11.5 Å². The molecule has 0 bridgehead atoms. The monoisotopic (exact) mass is 447 g/mol. The Balaban J connectivity index is 1.38. The summed E-state index contributed by atoms with van der Waals surface area (Å²) >= 11 is 0. The fourth-order valence-electron chi connectivity index (χ4n) is 3.47. The highest BCUT2D eigenvalue weighted by molar-refractivity contribution is 7.89. The quantitative estimate of drug-likeness (QED) is 0.657. The van der Waals surface area contributed by atoms with Crippen LogP contribution >= 0.6 is 0 Å². The van der Waals surface area contributed by atoms with Crippen LogP contribution in [0.15, 0.2) is 41.6 Å². The molecule has 11 heteroatoms. The number of hydrogen-bond acceptors (Lipinski definition) is 8. The lowest BCUT2D eigenvalue weighted by Crippen LogP contribution is -2.51. The summed E-state index contributed by atoms with van der Waals surface area (Å²) in [6, 6.07) is 6.27. The van der Waals surface area contributed by atoms with Crippen LogP contribution in [-0.4, -0.2) is 86.5 Å². The number of benzene rings is 1. The normalized spacial score (nSPS) is 16.8. The molecular weight excluding hydrogens is 422 g/mol. The summed E-state index contributed by atoms with van der Waals surface area (Å²) in [5, 5.41) is 0. The van der Waals surface area contributed by atoms with Crippen molar-refractivity contribution in [1.82, 2.24) is 19.2 Å². The summed E-state index contributed by atoms with van der Waals surface area (Å²) in [4.78, 5) is 24.9. The smallest absolute Gasteiger partial charge is 0.243 e. The van der Waals surface area contributed by atoms with Gasteiger partial charge in [-0.05, 0) is 18.2 Å². The Morgan fingerprint density at radius 1 is 1.06 bits per heavy atom. The van der Waals surface area contributed by atoms with Gasteiger partial charge in [-0.25, -0.2) is 18.4 Å². The van der Waals surface area contributed by atoms with Gasteiger partial charge in [0.15, 0.2) is 11.5 Å². The minimum atomic E-state index is -3.85. The third-order valence-electron chi connectivity index (χ3n) is 5.25. The Bertz CT molecular complexity index is 1030. The minimum absolute atomic E-state index is 0.0677. The van der Waals surface area contributed by atoms with E-state index in [1.807, 2.05) is 4.90 Å². The summed E-state index contributed by atoms with van der Waals surface area (Å²) < 4.78 is 38.2. The standard InChI is InChI=1S/C20H25N5O5S/c1-23(31(27,28)16-4-5-17-18(14-16)30-13-3-12-29-17)15-19(26)24-8-10-25(11-9-24)20-21-6-2-7-22-20/h2,4-7,14H,3,8-13,15H2,1H3. The average Bonchev–Trinajstić information content (AvgIpc) is 3.04. The number of ether oxygens (including phenoxy) is 2. The Morgan fingerprint density at radius 3 is 2.45 bits per heavy atom. The first kappa shape index (κ1) is 21.3. The van der Waals surface area contributed by atoms with Gasteiger partial charge in [0, 0.05) is 58.1 Å². The highest BCUT2D eigenvalue weighted by atomic mass is 32.2.